The number of amides is 2. The van der Waals surface area contributed by atoms with Gasteiger partial charge in [-0.1, -0.05) is 41.9 Å². The first-order chi connectivity index (χ1) is 12.0. The fourth-order valence-electron chi connectivity index (χ4n) is 2.27. The molecule has 132 valence electrons. The van der Waals surface area contributed by atoms with Crippen molar-refractivity contribution in [1.29, 1.82) is 0 Å². The van der Waals surface area contributed by atoms with Crippen molar-refractivity contribution in [2.45, 2.75) is 19.6 Å². The summed E-state index contributed by atoms with van der Waals surface area (Å²) >= 11 is 7.33. The quantitative estimate of drug-likeness (QED) is 0.769. The fourth-order valence-corrected chi connectivity index (χ4v) is 3.21. The number of hydrogen-bond donors (Lipinski definition) is 2. The number of nitrogens with one attached hydrogen (secondary N) is 2. The largest absolute Gasteiger partial charge is 0.346 e. The van der Waals surface area contributed by atoms with E-state index in [0.29, 0.717) is 10.8 Å². The Kier molecular flexibility index (Phi) is 7.34. The molecule has 2 aromatic rings. The van der Waals surface area contributed by atoms with Gasteiger partial charge in [-0.15, -0.1) is 11.8 Å². The first-order valence-corrected chi connectivity index (χ1v) is 9.44. The standard InChI is InChI=1S/C19H21ClN2O2S/c1-13-4-3-5-14(2)19(13)22-17(23)10-21-18(24)12-25-11-15-6-8-16(20)9-7-15/h3-9H,10-12H2,1-2H3,(H,21,24)(H,22,23). The van der Waals surface area contributed by atoms with E-state index in [4.69, 9.17) is 11.6 Å². The van der Waals surface area contributed by atoms with E-state index in [-0.39, 0.29) is 18.4 Å². The SMILES string of the molecule is Cc1cccc(C)c1NC(=O)CNC(=O)CSCc1ccc(Cl)cc1. The number of aryl methyl sites for hydroxylation is 2. The van der Waals surface area contributed by atoms with Gasteiger partial charge < -0.3 is 10.6 Å². The average molecular weight is 377 g/mol. The summed E-state index contributed by atoms with van der Waals surface area (Å²) < 4.78 is 0. The van der Waals surface area contributed by atoms with E-state index < -0.39 is 0 Å². The van der Waals surface area contributed by atoms with Crippen molar-refractivity contribution in [2.75, 3.05) is 17.6 Å². The van der Waals surface area contributed by atoms with Crippen molar-refractivity contribution in [1.82, 2.24) is 5.32 Å². The van der Waals surface area contributed by atoms with Gasteiger partial charge in [0.25, 0.3) is 0 Å². The maximum Gasteiger partial charge on any atom is 0.243 e. The Bertz CT molecular complexity index is 727. The topological polar surface area (TPSA) is 58.2 Å². The minimum absolute atomic E-state index is 0.0336. The molecule has 0 radical (unpaired) electrons. The van der Waals surface area contributed by atoms with Crippen LogP contribution in [0.2, 0.25) is 5.02 Å². The van der Waals surface area contributed by atoms with Gasteiger partial charge in [-0.25, -0.2) is 0 Å². The van der Waals surface area contributed by atoms with E-state index in [1.165, 1.54) is 11.8 Å². The summed E-state index contributed by atoms with van der Waals surface area (Å²) in [6.07, 6.45) is 0. The van der Waals surface area contributed by atoms with Crippen LogP contribution in [0, 0.1) is 13.8 Å². The average Bonchev–Trinajstić information content (AvgIpc) is 2.58. The molecule has 4 nitrogen and oxygen atoms in total. The molecule has 0 bridgehead atoms. The predicted octanol–water partition coefficient (Wildman–Crippen LogP) is 3.94. The van der Waals surface area contributed by atoms with Crippen molar-refractivity contribution in [3.63, 3.8) is 0 Å². The molecule has 2 rings (SSSR count). The van der Waals surface area contributed by atoms with Gasteiger partial charge in [-0.3, -0.25) is 9.59 Å². The molecule has 0 aliphatic carbocycles. The van der Waals surface area contributed by atoms with Gasteiger partial charge in [0.2, 0.25) is 11.8 Å². The Morgan fingerprint density at radius 1 is 1.00 bits per heavy atom. The zero-order chi connectivity index (χ0) is 18.2. The van der Waals surface area contributed by atoms with Crippen molar-refractivity contribution in [2.24, 2.45) is 0 Å². The van der Waals surface area contributed by atoms with E-state index in [9.17, 15) is 9.59 Å². The molecular formula is C19H21ClN2O2S. The maximum atomic E-state index is 12.0. The summed E-state index contributed by atoms with van der Waals surface area (Å²) in [5, 5.41) is 6.19. The van der Waals surface area contributed by atoms with Gasteiger partial charge in [0.05, 0.1) is 12.3 Å². The highest BCUT2D eigenvalue weighted by Crippen LogP contribution is 2.19. The highest BCUT2D eigenvalue weighted by Gasteiger charge is 2.09. The minimum Gasteiger partial charge on any atom is -0.346 e. The summed E-state index contributed by atoms with van der Waals surface area (Å²) in [5.74, 6) is 0.641. The van der Waals surface area contributed by atoms with E-state index >= 15 is 0 Å². The summed E-state index contributed by atoms with van der Waals surface area (Å²) in [7, 11) is 0. The smallest absolute Gasteiger partial charge is 0.243 e. The highest BCUT2D eigenvalue weighted by atomic mass is 35.5. The van der Waals surface area contributed by atoms with Crippen LogP contribution >= 0.6 is 23.4 Å². The Morgan fingerprint density at radius 3 is 2.28 bits per heavy atom. The van der Waals surface area contributed by atoms with Crippen LogP contribution < -0.4 is 10.6 Å². The van der Waals surface area contributed by atoms with E-state index in [1.807, 2.05) is 56.3 Å². The van der Waals surface area contributed by atoms with Crippen LogP contribution in [0.4, 0.5) is 5.69 Å². The van der Waals surface area contributed by atoms with Crippen LogP contribution in [-0.2, 0) is 15.3 Å². The van der Waals surface area contributed by atoms with Crippen LogP contribution in [0.5, 0.6) is 0 Å². The number of carbonyl (C=O) groups is 2. The molecule has 0 aliphatic heterocycles. The van der Waals surface area contributed by atoms with Crippen molar-refractivity contribution < 1.29 is 9.59 Å². The summed E-state index contributed by atoms with van der Waals surface area (Å²) in [4.78, 5) is 23.8. The first kappa shape index (κ1) is 19.3. The molecule has 0 saturated heterocycles. The number of hydrogen-bond acceptors (Lipinski definition) is 3. The van der Waals surface area contributed by atoms with Crippen molar-refractivity contribution in [3.05, 3.63) is 64.2 Å². The number of halogens is 1. The zero-order valence-corrected chi connectivity index (χ0v) is 15.8. The number of carbonyl (C=O) groups excluding carboxylic acids is 2. The molecule has 25 heavy (non-hydrogen) atoms. The third kappa shape index (κ3) is 6.44. The predicted molar refractivity (Wildman–Crippen MR) is 105 cm³/mol. The van der Waals surface area contributed by atoms with Crippen LogP contribution in [0.3, 0.4) is 0 Å². The van der Waals surface area contributed by atoms with Crippen molar-refractivity contribution >= 4 is 40.9 Å². The summed E-state index contributed by atoms with van der Waals surface area (Å²) in [6.45, 7) is 3.84. The second-order valence-corrected chi connectivity index (χ2v) is 7.13. The number of para-hydroxylation sites is 1. The molecule has 0 aromatic heterocycles. The molecule has 0 spiro atoms. The Labute approximate surface area is 157 Å². The van der Waals surface area contributed by atoms with Gasteiger partial charge >= 0.3 is 0 Å². The van der Waals surface area contributed by atoms with E-state index in [0.717, 1.165) is 28.1 Å². The fraction of sp³-hybridized carbons (Fsp3) is 0.263. The second-order valence-electron chi connectivity index (χ2n) is 5.71. The Morgan fingerprint density at radius 2 is 1.64 bits per heavy atom. The lowest BCUT2D eigenvalue weighted by Crippen LogP contribution is -2.34. The molecule has 2 amide bonds. The first-order valence-electron chi connectivity index (χ1n) is 7.90. The molecule has 0 heterocycles. The van der Waals surface area contributed by atoms with E-state index in [2.05, 4.69) is 10.6 Å². The van der Waals surface area contributed by atoms with Gasteiger partial charge in [-0.05, 0) is 42.7 Å². The third-order valence-corrected chi connectivity index (χ3v) is 4.86. The van der Waals surface area contributed by atoms with Crippen LogP contribution in [0.25, 0.3) is 0 Å². The van der Waals surface area contributed by atoms with E-state index in [1.54, 1.807) is 0 Å². The highest BCUT2D eigenvalue weighted by molar-refractivity contribution is 7.99. The number of anilines is 1. The number of benzene rings is 2. The Balaban J connectivity index is 1.70. The maximum absolute atomic E-state index is 12.0. The van der Waals surface area contributed by atoms with Gasteiger partial charge in [0, 0.05) is 16.5 Å². The lowest BCUT2D eigenvalue weighted by molar-refractivity contribution is -0.122. The molecular weight excluding hydrogens is 356 g/mol. The lowest BCUT2D eigenvalue weighted by Gasteiger charge is -2.12. The van der Waals surface area contributed by atoms with Crippen molar-refractivity contribution in [3.8, 4) is 0 Å². The summed E-state index contributed by atoms with van der Waals surface area (Å²) in [5.41, 5.74) is 3.91. The van der Waals surface area contributed by atoms with Gasteiger partial charge in [0.15, 0.2) is 0 Å². The number of thioether (sulfide) groups is 1. The third-order valence-electron chi connectivity index (χ3n) is 3.61. The minimum atomic E-state index is -0.228. The molecule has 0 fully saturated rings. The summed E-state index contributed by atoms with van der Waals surface area (Å²) in [6, 6.07) is 13.4. The molecule has 2 aromatic carbocycles. The number of rotatable bonds is 7. The zero-order valence-electron chi connectivity index (χ0n) is 14.3. The van der Waals surface area contributed by atoms with Gasteiger partial charge in [-0.2, -0.15) is 0 Å². The molecule has 0 aliphatic rings. The molecule has 6 heteroatoms. The van der Waals surface area contributed by atoms with Gasteiger partial charge in [0.1, 0.15) is 0 Å². The monoisotopic (exact) mass is 376 g/mol. The molecule has 0 atom stereocenters. The lowest BCUT2D eigenvalue weighted by atomic mass is 10.1. The Hall–Kier alpha value is -1.98. The second kappa shape index (κ2) is 9.49. The van der Waals surface area contributed by atoms with Crippen LogP contribution in [0.1, 0.15) is 16.7 Å². The molecule has 0 unspecified atom stereocenters. The van der Waals surface area contributed by atoms with Crippen LogP contribution in [0.15, 0.2) is 42.5 Å². The molecule has 0 saturated carbocycles. The molecule has 2 N–H and O–H groups in total. The normalized spacial score (nSPS) is 10.4. The van der Waals surface area contributed by atoms with Crippen LogP contribution in [-0.4, -0.2) is 24.1 Å².